The zero-order valence-corrected chi connectivity index (χ0v) is 15.1. The Balaban J connectivity index is 1.85. The molecule has 3 rings (SSSR count). The monoisotopic (exact) mass is 408 g/mol. The minimum atomic E-state index is 0.374. The summed E-state index contributed by atoms with van der Waals surface area (Å²) in [7, 11) is 0. The van der Waals surface area contributed by atoms with Crippen LogP contribution in [0.2, 0.25) is 0 Å². The van der Waals surface area contributed by atoms with Crippen molar-refractivity contribution in [3.8, 4) is 0 Å². The molecule has 3 heteroatoms. The fraction of sp³-hybridized carbons (Fsp3) is 0.176. The summed E-state index contributed by atoms with van der Waals surface area (Å²) in [4.78, 5) is 1.75. The number of hydrogen-bond donors (Lipinski definition) is 0. The molecule has 1 aromatic heterocycles. The lowest BCUT2D eigenvalue weighted by atomic mass is 10.0. The smallest absolute Gasteiger partial charge is 0.0730 e. The Labute approximate surface area is 140 Å². The maximum Gasteiger partial charge on any atom is 0.0730 e. The van der Waals surface area contributed by atoms with Crippen molar-refractivity contribution in [2.75, 3.05) is 0 Å². The van der Waals surface area contributed by atoms with E-state index in [1.165, 1.54) is 30.6 Å². The summed E-state index contributed by atoms with van der Waals surface area (Å²) in [5.41, 5.74) is 2.68. The maximum absolute atomic E-state index is 3.82. The highest BCUT2D eigenvalue weighted by atomic mass is 79.9. The number of alkyl halides is 1. The van der Waals surface area contributed by atoms with E-state index in [0.29, 0.717) is 4.83 Å². The number of hydrogen-bond acceptors (Lipinski definition) is 1. The van der Waals surface area contributed by atoms with Gasteiger partial charge in [-0.05, 0) is 57.2 Å². The summed E-state index contributed by atoms with van der Waals surface area (Å²) in [5, 5.41) is 2.62. The number of halogens is 2. The van der Waals surface area contributed by atoms with Crippen molar-refractivity contribution >= 4 is 54.0 Å². The standard InChI is InChI=1S/C17H14Br2S/c1-11-8-16(20-17(11)19)15(18)10-12-6-7-13-4-2-3-5-14(13)9-12/h2-9,15H,10H2,1H3. The second-order valence-electron chi connectivity index (χ2n) is 4.96. The second-order valence-corrected chi connectivity index (χ2v) is 8.47. The average Bonchev–Trinajstić information content (AvgIpc) is 2.79. The molecule has 1 heterocycles. The molecule has 3 aromatic rings. The van der Waals surface area contributed by atoms with Gasteiger partial charge in [0.05, 0.1) is 8.61 Å². The minimum absolute atomic E-state index is 0.374. The lowest BCUT2D eigenvalue weighted by molar-refractivity contribution is 0.971. The van der Waals surface area contributed by atoms with E-state index in [9.17, 15) is 0 Å². The number of fused-ring (bicyclic) bond motifs is 1. The SMILES string of the molecule is Cc1cc(C(Br)Cc2ccc3ccccc3c2)sc1Br. The largest absolute Gasteiger partial charge is 0.132 e. The van der Waals surface area contributed by atoms with Crippen LogP contribution in [0.5, 0.6) is 0 Å². The van der Waals surface area contributed by atoms with E-state index in [2.05, 4.69) is 87.3 Å². The van der Waals surface area contributed by atoms with Crippen molar-refractivity contribution in [3.63, 3.8) is 0 Å². The van der Waals surface area contributed by atoms with Gasteiger partial charge in [-0.2, -0.15) is 0 Å². The average molecular weight is 410 g/mol. The number of thiophene rings is 1. The molecule has 0 aliphatic heterocycles. The van der Waals surface area contributed by atoms with Crippen LogP contribution >= 0.6 is 43.2 Å². The summed E-state index contributed by atoms with van der Waals surface area (Å²) in [6.07, 6.45) is 1.01. The van der Waals surface area contributed by atoms with Gasteiger partial charge >= 0.3 is 0 Å². The van der Waals surface area contributed by atoms with Gasteiger partial charge in [0.15, 0.2) is 0 Å². The van der Waals surface area contributed by atoms with Crippen molar-refractivity contribution in [3.05, 3.63) is 68.3 Å². The minimum Gasteiger partial charge on any atom is -0.132 e. The molecule has 0 spiro atoms. The number of benzene rings is 2. The lowest BCUT2D eigenvalue weighted by Gasteiger charge is -2.09. The first kappa shape index (κ1) is 14.3. The van der Waals surface area contributed by atoms with Crippen LogP contribution in [0, 0.1) is 6.92 Å². The Morgan fingerprint density at radius 2 is 1.80 bits per heavy atom. The fourth-order valence-corrected chi connectivity index (χ4v) is 4.65. The van der Waals surface area contributed by atoms with Gasteiger partial charge in [-0.25, -0.2) is 0 Å². The molecule has 0 nitrogen and oxygen atoms in total. The predicted octanol–water partition coefficient (Wildman–Crippen LogP) is 6.65. The first-order valence-electron chi connectivity index (χ1n) is 6.51. The van der Waals surface area contributed by atoms with Gasteiger partial charge in [0.1, 0.15) is 0 Å². The fourth-order valence-electron chi connectivity index (χ4n) is 2.31. The van der Waals surface area contributed by atoms with Crippen molar-refractivity contribution in [1.29, 1.82) is 0 Å². The Kier molecular flexibility index (Phi) is 4.29. The summed E-state index contributed by atoms with van der Waals surface area (Å²) < 4.78 is 1.23. The van der Waals surface area contributed by atoms with E-state index in [0.717, 1.165) is 6.42 Å². The Bertz CT molecular complexity index is 726. The van der Waals surface area contributed by atoms with Crippen molar-refractivity contribution in [1.82, 2.24) is 0 Å². The van der Waals surface area contributed by atoms with E-state index in [1.807, 2.05) is 11.3 Å². The molecule has 0 saturated heterocycles. The molecule has 20 heavy (non-hydrogen) atoms. The topological polar surface area (TPSA) is 0 Å². The van der Waals surface area contributed by atoms with Gasteiger partial charge in [-0.1, -0.05) is 58.4 Å². The molecule has 2 aromatic carbocycles. The highest BCUT2D eigenvalue weighted by molar-refractivity contribution is 9.11. The summed E-state index contributed by atoms with van der Waals surface area (Å²) in [5.74, 6) is 0. The Morgan fingerprint density at radius 3 is 2.50 bits per heavy atom. The molecule has 0 aliphatic carbocycles. The molecule has 102 valence electrons. The molecule has 0 bridgehead atoms. The van der Waals surface area contributed by atoms with E-state index in [-0.39, 0.29) is 0 Å². The van der Waals surface area contributed by atoms with Crippen LogP contribution in [0.15, 0.2) is 52.3 Å². The summed E-state index contributed by atoms with van der Waals surface area (Å²) >= 11 is 9.24. The molecule has 0 fully saturated rings. The van der Waals surface area contributed by atoms with Crippen LogP contribution in [0.4, 0.5) is 0 Å². The van der Waals surface area contributed by atoms with E-state index >= 15 is 0 Å². The molecule has 0 N–H and O–H groups in total. The van der Waals surface area contributed by atoms with Crippen molar-refractivity contribution < 1.29 is 0 Å². The highest BCUT2D eigenvalue weighted by Crippen LogP contribution is 2.37. The molecule has 0 radical (unpaired) electrons. The third-order valence-electron chi connectivity index (χ3n) is 3.41. The Morgan fingerprint density at radius 1 is 1.05 bits per heavy atom. The molecule has 1 unspecified atom stereocenters. The summed E-state index contributed by atoms with van der Waals surface area (Å²) in [6, 6.07) is 17.5. The predicted molar refractivity (Wildman–Crippen MR) is 96.1 cm³/mol. The molecular formula is C17H14Br2S. The van der Waals surface area contributed by atoms with Gasteiger partial charge in [-0.15, -0.1) is 11.3 Å². The molecule has 0 aliphatic rings. The molecular weight excluding hydrogens is 396 g/mol. The maximum atomic E-state index is 3.82. The van der Waals surface area contributed by atoms with Crippen molar-refractivity contribution in [2.45, 2.75) is 18.2 Å². The Hall–Kier alpha value is -0.640. The van der Waals surface area contributed by atoms with E-state index < -0.39 is 0 Å². The molecule has 1 atom stereocenters. The first-order valence-corrected chi connectivity index (χ1v) is 9.03. The van der Waals surface area contributed by atoms with E-state index in [4.69, 9.17) is 0 Å². The van der Waals surface area contributed by atoms with Crippen molar-refractivity contribution in [2.24, 2.45) is 0 Å². The molecule has 0 amide bonds. The third kappa shape index (κ3) is 3.00. The quantitative estimate of drug-likeness (QED) is 0.424. The van der Waals surface area contributed by atoms with Gasteiger partial charge in [0.25, 0.3) is 0 Å². The van der Waals surface area contributed by atoms with Gasteiger partial charge < -0.3 is 0 Å². The number of rotatable bonds is 3. The van der Waals surface area contributed by atoms with Gasteiger partial charge in [0.2, 0.25) is 0 Å². The van der Waals surface area contributed by atoms with Crippen LogP contribution in [-0.2, 0) is 6.42 Å². The van der Waals surface area contributed by atoms with Crippen LogP contribution in [-0.4, -0.2) is 0 Å². The van der Waals surface area contributed by atoms with E-state index in [1.54, 1.807) is 0 Å². The third-order valence-corrected chi connectivity index (χ3v) is 6.78. The van der Waals surface area contributed by atoms with Gasteiger partial charge in [-0.3, -0.25) is 0 Å². The van der Waals surface area contributed by atoms with Crippen LogP contribution in [0.1, 0.15) is 20.8 Å². The zero-order chi connectivity index (χ0) is 14.1. The molecule has 0 saturated carbocycles. The number of aryl methyl sites for hydroxylation is 1. The lowest BCUT2D eigenvalue weighted by Crippen LogP contribution is -1.93. The normalized spacial score (nSPS) is 12.8. The van der Waals surface area contributed by atoms with Gasteiger partial charge in [0, 0.05) is 4.88 Å². The highest BCUT2D eigenvalue weighted by Gasteiger charge is 2.13. The zero-order valence-electron chi connectivity index (χ0n) is 11.1. The van der Waals surface area contributed by atoms with Crippen LogP contribution in [0.3, 0.4) is 0 Å². The summed E-state index contributed by atoms with van der Waals surface area (Å²) in [6.45, 7) is 2.14. The van der Waals surface area contributed by atoms with Crippen LogP contribution in [0.25, 0.3) is 10.8 Å². The first-order chi connectivity index (χ1) is 9.63. The second kappa shape index (κ2) is 6.00. The van der Waals surface area contributed by atoms with Crippen LogP contribution < -0.4 is 0 Å².